The van der Waals surface area contributed by atoms with Gasteiger partial charge in [-0.3, -0.25) is 4.79 Å². The number of pyridine rings is 1. The highest BCUT2D eigenvalue weighted by atomic mass is 19.4. The van der Waals surface area contributed by atoms with Gasteiger partial charge in [-0.25, -0.2) is 4.98 Å². The summed E-state index contributed by atoms with van der Waals surface area (Å²) in [4.78, 5) is 20.9. The highest BCUT2D eigenvalue weighted by molar-refractivity contribution is 5.87. The zero-order valence-corrected chi connectivity index (χ0v) is 16.0. The monoisotopic (exact) mass is 391 g/mol. The first kappa shape index (κ1) is 20.2. The van der Waals surface area contributed by atoms with E-state index < -0.39 is 17.2 Å². The van der Waals surface area contributed by atoms with Gasteiger partial charge in [0, 0.05) is 32.4 Å². The van der Waals surface area contributed by atoms with Crippen LogP contribution in [0, 0.1) is 0 Å². The molecule has 28 heavy (non-hydrogen) atoms. The van der Waals surface area contributed by atoms with E-state index in [9.17, 15) is 18.0 Å². The van der Waals surface area contributed by atoms with Gasteiger partial charge in [-0.15, -0.1) is 0 Å². The van der Waals surface area contributed by atoms with Crippen molar-refractivity contribution in [3.8, 4) is 0 Å². The van der Waals surface area contributed by atoms with E-state index in [1.54, 1.807) is 0 Å². The van der Waals surface area contributed by atoms with Crippen molar-refractivity contribution in [1.29, 1.82) is 0 Å². The number of alkyl halides is 3. The van der Waals surface area contributed by atoms with Crippen molar-refractivity contribution in [1.82, 2.24) is 9.88 Å². The Kier molecular flexibility index (Phi) is 5.63. The van der Waals surface area contributed by atoms with E-state index in [-0.39, 0.29) is 5.91 Å². The number of hydrogen-bond donors (Lipinski definition) is 0. The van der Waals surface area contributed by atoms with Gasteiger partial charge in [0.15, 0.2) is 0 Å². The minimum atomic E-state index is -4.39. The number of hydrogen-bond acceptors (Lipinski definition) is 3. The molecule has 2 aromatic rings. The summed E-state index contributed by atoms with van der Waals surface area (Å²) >= 11 is 0. The SMILES string of the molecule is CC(C)(C(=O)N1CCCN(c2ccc(C(F)(F)F)cn2)CC1)c1ccccc1. The Morgan fingerprint density at radius 1 is 0.929 bits per heavy atom. The van der Waals surface area contributed by atoms with Crippen molar-refractivity contribution in [2.45, 2.75) is 31.9 Å². The third-order valence-corrected chi connectivity index (χ3v) is 5.21. The summed E-state index contributed by atoms with van der Waals surface area (Å²) in [7, 11) is 0. The number of carbonyl (C=O) groups excluding carboxylic acids is 1. The van der Waals surface area contributed by atoms with E-state index >= 15 is 0 Å². The van der Waals surface area contributed by atoms with E-state index in [1.807, 2.05) is 54.0 Å². The third kappa shape index (κ3) is 4.29. The fourth-order valence-corrected chi connectivity index (χ4v) is 3.46. The van der Waals surface area contributed by atoms with Crippen LogP contribution in [0.2, 0.25) is 0 Å². The fraction of sp³-hybridized carbons (Fsp3) is 0.429. The maximum Gasteiger partial charge on any atom is 0.417 e. The summed E-state index contributed by atoms with van der Waals surface area (Å²) in [5.74, 6) is 0.561. The number of halogens is 3. The van der Waals surface area contributed by atoms with E-state index in [1.165, 1.54) is 6.07 Å². The van der Waals surface area contributed by atoms with Crippen LogP contribution in [-0.4, -0.2) is 42.0 Å². The molecule has 1 aromatic carbocycles. The zero-order valence-electron chi connectivity index (χ0n) is 16.0. The standard InChI is InChI=1S/C21H24F3N3O/c1-20(2,16-7-4-3-5-8-16)19(28)27-12-6-11-26(13-14-27)18-10-9-17(15-25-18)21(22,23)24/h3-5,7-10,15H,6,11-14H2,1-2H3. The first-order valence-electron chi connectivity index (χ1n) is 9.33. The molecule has 0 saturated carbocycles. The van der Waals surface area contributed by atoms with Gasteiger partial charge in [0.2, 0.25) is 5.91 Å². The minimum absolute atomic E-state index is 0.0564. The number of rotatable bonds is 3. The molecular weight excluding hydrogens is 367 g/mol. The molecule has 0 N–H and O–H groups in total. The smallest absolute Gasteiger partial charge is 0.355 e. The first-order chi connectivity index (χ1) is 13.2. The van der Waals surface area contributed by atoms with Crippen molar-refractivity contribution in [3.05, 3.63) is 59.8 Å². The summed E-state index contributed by atoms with van der Waals surface area (Å²) in [5.41, 5.74) is -0.429. The summed E-state index contributed by atoms with van der Waals surface area (Å²) in [6.07, 6.45) is -2.79. The first-order valence-corrected chi connectivity index (χ1v) is 9.33. The molecule has 1 aliphatic rings. The van der Waals surface area contributed by atoms with Gasteiger partial charge in [0.1, 0.15) is 5.82 Å². The normalized spacial score (nSPS) is 16.0. The van der Waals surface area contributed by atoms with Crippen LogP contribution in [-0.2, 0) is 16.4 Å². The van der Waals surface area contributed by atoms with Crippen molar-refractivity contribution in [2.24, 2.45) is 0 Å². The summed E-state index contributed by atoms with van der Waals surface area (Å²) in [6.45, 7) is 6.16. The molecule has 4 nitrogen and oxygen atoms in total. The minimum Gasteiger partial charge on any atom is -0.355 e. The molecule has 1 fully saturated rings. The van der Waals surface area contributed by atoms with E-state index in [4.69, 9.17) is 0 Å². The lowest BCUT2D eigenvalue weighted by Crippen LogP contribution is -2.45. The van der Waals surface area contributed by atoms with Crippen LogP contribution in [0.3, 0.4) is 0 Å². The average Bonchev–Trinajstić information content (AvgIpc) is 2.93. The van der Waals surface area contributed by atoms with Gasteiger partial charge in [0.25, 0.3) is 0 Å². The predicted molar refractivity (Wildman–Crippen MR) is 102 cm³/mol. The lowest BCUT2D eigenvalue weighted by Gasteiger charge is -2.31. The largest absolute Gasteiger partial charge is 0.417 e. The highest BCUT2D eigenvalue weighted by Crippen LogP contribution is 2.30. The molecule has 0 radical (unpaired) electrons. The van der Waals surface area contributed by atoms with Crippen molar-refractivity contribution in [3.63, 3.8) is 0 Å². The molecule has 150 valence electrons. The number of anilines is 1. The third-order valence-electron chi connectivity index (χ3n) is 5.21. The van der Waals surface area contributed by atoms with Crippen LogP contribution >= 0.6 is 0 Å². The van der Waals surface area contributed by atoms with Crippen LogP contribution in [0.4, 0.5) is 19.0 Å². The number of carbonyl (C=O) groups is 1. The molecule has 1 aromatic heterocycles. The van der Waals surface area contributed by atoms with E-state index in [0.29, 0.717) is 32.0 Å². The van der Waals surface area contributed by atoms with Gasteiger partial charge in [-0.05, 0) is 38.0 Å². The van der Waals surface area contributed by atoms with Gasteiger partial charge in [-0.2, -0.15) is 13.2 Å². The Morgan fingerprint density at radius 2 is 1.64 bits per heavy atom. The van der Waals surface area contributed by atoms with E-state index in [2.05, 4.69) is 4.98 Å². The second-order valence-corrected chi connectivity index (χ2v) is 7.53. The maximum atomic E-state index is 13.1. The van der Waals surface area contributed by atoms with Gasteiger partial charge < -0.3 is 9.80 Å². The molecule has 7 heteroatoms. The van der Waals surface area contributed by atoms with Crippen molar-refractivity contribution < 1.29 is 18.0 Å². The molecule has 0 bridgehead atoms. The maximum absolute atomic E-state index is 13.1. The number of aromatic nitrogens is 1. The molecule has 2 heterocycles. The molecule has 3 rings (SSSR count). The number of nitrogens with zero attached hydrogens (tertiary/aromatic N) is 3. The van der Waals surface area contributed by atoms with Crippen molar-refractivity contribution in [2.75, 3.05) is 31.1 Å². The van der Waals surface area contributed by atoms with Crippen LogP contribution in [0.25, 0.3) is 0 Å². The second kappa shape index (κ2) is 7.81. The van der Waals surface area contributed by atoms with E-state index in [0.717, 1.165) is 24.2 Å². The van der Waals surface area contributed by atoms with Gasteiger partial charge >= 0.3 is 6.18 Å². The second-order valence-electron chi connectivity index (χ2n) is 7.53. The van der Waals surface area contributed by atoms with Gasteiger partial charge in [0.05, 0.1) is 11.0 Å². The highest BCUT2D eigenvalue weighted by Gasteiger charge is 2.35. The molecule has 0 unspecified atom stereocenters. The molecule has 1 aliphatic heterocycles. The Bertz CT molecular complexity index is 804. The van der Waals surface area contributed by atoms with Crippen LogP contribution < -0.4 is 4.90 Å². The van der Waals surface area contributed by atoms with Crippen LogP contribution in [0.1, 0.15) is 31.4 Å². The topological polar surface area (TPSA) is 36.4 Å². The Labute approximate surface area is 163 Å². The van der Waals surface area contributed by atoms with Crippen LogP contribution in [0.15, 0.2) is 48.7 Å². The Hall–Kier alpha value is -2.57. The molecule has 0 spiro atoms. The number of amides is 1. The summed E-state index contributed by atoms with van der Waals surface area (Å²) < 4.78 is 38.2. The Morgan fingerprint density at radius 3 is 2.25 bits per heavy atom. The van der Waals surface area contributed by atoms with Gasteiger partial charge in [-0.1, -0.05) is 30.3 Å². The molecular formula is C21H24F3N3O. The summed E-state index contributed by atoms with van der Waals surface area (Å²) in [6, 6.07) is 12.1. The molecule has 0 atom stereocenters. The van der Waals surface area contributed by atoms with Crippen LogP contribution in [0.5, 0.6) is 0 Å². The molecule has 0 aliphatic carbocycles. The predicted octanol–water partition coefficient (Wildman–Crippen LogP) is 4.12. The zero-order chi connectivity index (χ0) is 20.4. The Balaban J connectivity index is 1.69. The summed E-state index contributed by atoms with van der Waals surface area (Å²) in [5, 5.41) is 0. The quantitative estimate of drug-likeness (QED) is 0.790. The fourth-order valence-electron chi connectivity index (χ4n) is 3.46. The molecule has 1 saturated heterocycles. The number of benzene rings is 1. The van der Waals surface area contributed by atoms with Crippen molar-refractivity contribution >= 4 is 11.7 Å². The average molecular weight is 391 g/mol. The lowest BCUT2D eigenvalue weighted by molar-refractivity contribution is -0.138. The molecule has 1 amide bonds. The lowest BCUT2D eigenvalue weighted by atomic mass is 9.83.